The fraction of sp³-hybridized carbons (Fsp3) is 0.560. The van der Waals surface area contributed by atoms with Crippen LogP contribution in [0.2, 0.25) is 0 Å². The van der Waals surface area contributed by atoms with E-state index in [0.29, 0.717) is 6.42 Å². The molecule has 0 aliphatic carbocycles. The van der Waals surface area contributed by atoms with E-state index in [2.05, 4.69) is 17.0 Å². The second-order valence-corrected chi connectivity index (χ2v) is 9.15. The molecule has 0 unspecified atom stereocenters. The number of hydrogen-bond donors (Lipinski definition) is 0. The molecule has 1 aromatic heterocycles. The molecule has 2 aliphatic rings. The highest BCUT2D eigenvalue weighted by atomic mass is 16.5. The fourth-order valence-corrected chi connectivity index (χ4v) is 4.71. The second-order valence-electron chi connectivity index (χ2n) is 9.15. The highest BCUT2D eigenvalue weighted by molar-refractivity contribution is 5.94. The molecule has 32 heavy (non-hydrogen) atoms. The number of likely N-dealkylation sites (tertiary alicyclic amines) is 1. The lowest BCUT2D eigenvalue weighted by Gasteiger charge is -2.33. The summed E-state index contributed by atoms with van der Waals surface area (Å²) in [6.07, 6.45) is 3.53. The molecule has 4 rings (SSSR count). The summed E-state index contributed by atoms with van der Waals surface area (Å²) in [6, 6.07) is 6.18. The molecule has 1 atom stereocenters. The third-order valence-electron chi connectivity index (χ3n) is 6.36. The molecule has 0 spiro atoms. The number of aryl methyl sites for hydroxylation is 1. The monoisotopic (exact) mass is 438 g/mol. The fourth-order valence-electron chi connectivity index (χ4n) is 4.71. The maximum Gasteiger partial charge on any atom is 0.228 e. The molecule has 2 aromatic rings. The van der Waals surface area contributed by atoms with Gasteiger partial charge in [0.1, 0.15) is 11.6 Å². The molecule has 7 nitrogen and oxygen atoms in total. The molecule has 2 aliphatic heterocycles. The van der Waals surface area contributed by atoms with Crippen LogP contribution in [0.1, 0.15) is 61.7 Å². The van der Waals surface area contributed by atoms with E-state index in [1.165, 1.54) is 5.56 Å². The van der Waals surface area contributed by atoms with Gasteiger partial charge in [0.05, 0.1) is 13.2 Å². The minimum atomic E-state index is 0.0907. The van der Waals surface area contributed by atoms with E-state index < -0.39 is 0 Å². The average molecular weight is 439 g/mol. The van der Waals surface area contributed by atoms with E-state index in [1.807, 2.05) is 33.9 Å². The van der Waals surface area contributed by atoms with Gasteiger partial charge in [-0.3, -0.25) is 14.6 Å². The predicted octanol–water partition coefficient (Wildman–Crippen LogP) is 3.87. The van der Waals surface area contributed by atoms with Gasteiger partial charge in [-0.05, 0) is 64.3 Å². The Bertz CT molecular complexity index is 991. The minimum absolute atomic E-state index is 0.0907. The average Bonchev–Trinajstić information content (AvgIpc) is 2.76. The SMILES string of the molecule is COc1ccc(CN2CCC[C@H](c3nc(C)c4c(n3)N(C)C(=O)CC4)C2)cc1OC(C)C. The molecule has 0 bridgehead atoms. The van der Waals surface area contributed by atoms with E-state index in [0.717, 1.165) is 73.3 Å². The van der Waals surface area contributed by atoms with Crippen LogP contribution in [0.4, 0.5) is 5.82 Å². The number of piperidine rings is 1. The van der Waals surface area contributed by atoms with Crippen LogP contribution in [0.3, 0.4) is 0 Å². The molecular formula is C25H34N4O3. The molecule has 0 N–H and O–H groups in total. The van der Waals surface area contributed by atoms with E-state index >= 15 is 0 Å². The van der Waals surface area contributed by atoms with Gasteiger partial charge in [-0.15, -0.1) is 0 Å². The van der Waals surface area contributed by atoms with Gasteiger partial charge in [0.15, 0.2) is 11.5 Å². The molecule has 3 heterocycles. The number of anilines is 1. The first-order valence-corrected chi connectivity index (χ1v) is 11.6. The Morgan fingerprint density at radius 2 is 2.00 bits per heavy atom. The number of fused-ring (bicyclic) bond motifs is 1. The zero-order chi connectivity index (χ0) is 22.8. The van der Waals surface area contributed by atoms with Crippen molar-refractivity contribution in [1.29, 1.82) is 0 Å². The number of carbonyl (C=O) groups is 1. The van der Waals surface area contributed by atoms with E-state index in [4.69, 9.17) is 19.4 Å². The normalized spacial score (nSPS) is 19.2. The van der Waals surface area contributed by atoms with Gasteiger partial charge in [0.25, 0.3) is 0 Å². The van der Waals surface area contributed by atoms with Crippen LogP contribution >= 0.6 is 0 Å². The summed E-state index contributed by atoms with van der Waals surface area (Å²) in [6.45, 7) is 8.88. The van der Waals surface area contributed by atoms with Gasteiger partial charge >= 0.3 is 0 Å². The van der Waals surface area contributed by atoms with Crippen molar-refractivity contribution >= 4 is 11.7 Å². The van der Waals surface area contributed by atoms with Crippen molar-refractivity contribution in [1.82, 2.24) is 14.9 Å². The van der Waals surface area contributed by atoms with Crippen molar-refractivity contribution in [2.75, 3.05) is 32.1 Å². The van der Waals surface area contributed by atoms with Gasteiger partial charge in [-0.2, -0.15) is 0 Å². The van der Waals surface area contributed by atoms with Gasteiger partial charge in [-0.25, -0.2) is 9.97 Å². The van der Waals surface area contributed by atoms with Gasteiger partial charge in [0.2, 0.25) is 5.91 Å². The Labute approximate surface area is 190 Å². The Balaban J connectivity index is 1.51. The molecule has 1 saturated heterocycles. The van der Waals surface area contributed by atoms with Crippen LogP contribution in [-0.2, 0) is 17.8 Å². The van der Waals surface area contributed by atoms with E-state index in [1.54, 1.807) is 12.0 Å². The summed E-state index contributed by atoms with van der Waals surface area (Å²) in [5, 5.41) is 0. The van der Waals surface area contributed by atoms with Crippen molar-refractivity contribution < 1.29 is 14.3 Å². The third kappa shape index (κ3) is 4.72. The Hall–Kier alpha value is -2.67. The van der Waals surface area contributed by atoms with E-state index in [9.17, 15) is 4.79 Å². The van der Waals surface area contributed by atoms with Crippen LogP contribution in [0.5, 0.6) is 11.5 Å². The molecule has 0 radical (unpaired) electrons. The minimum Gasteiger partial charge on any atom is -0.493 e. The van der Waals surface area contributed by atoms with E-state index in [-0.39, 0.29) is 17.9 Å². The lowest BCUT2D eigenvalue weighted by atomic mass is 9.95. The Kier molecular flexibility index (Phi) is 6.65. The standard InChI is InChI=1S/C25H34N4O3/c1-16(2)32-22-13-18(8-10-21(22)31-5)14-29-12-6-7-19(15-29)24-26-17(3)20-9-11-23(30)28(4)25(20)27-24/h8,10,13,16,19H,6-7,9,11-12,14-15H2,1-5H3/t19-/m0/s1. The third-order valence-corrected chi connectivity index (χ3v) is 6.36. The molecule has 1 amide bonds. The summed E-state index contributed by atoms with van der Waals surface area (Å²) < 4.78 is 11.4. The van der Waals surface area contributed by atoms with Crippen molar-refractivity contribution in [3.8, 4) is 11.5 Å². The van der Waals surface area contributed by atoms with Crippen LogP contribution < -0.4 is 14.4 Å². The topological polar surface area (TPSA) is 67.8 Å². The van der Waals surface area contributed by atoms with Crippen molar-refractivity contribution in [2.24, 2.45) is 0 Å². The number of ether oxygens (including phenoxy) is 2. The molecular weight excluding hydrogens is 404 g/mol. The molecule has 172 valence electrons. The van der Waals surface area contributed by atoms with Crippen molar-refractivity contribution in [2.45, 2.75) is 65.0 Å². The summed E-state index contributed by atoms with van der Waals surface area (Å²) in [5.74, 6) is 3.61. The van der Waals surface area contributed by atoms with Crippen LogP contribution in [0.25, 0.3) is 0 Å². The first kappa shape index (κ1) is 22.5. The summed E-state index contributed by atoms with van der Waals surface area (Å²) in [7, 11) is 3.49. The number of aromatic nitrogens is 2. The predicted molar refractivity (Wildman–Crippen MR) is 125 cm³/mol. The van der Waals surface area contributed by atoms with Gasteiger partial charge in [-0.1, -0.05) is 6.07 Å². The highest BCUT2D eigenvalue weighted by Crippen LogP contribution is 2.33. The van der Waals surface area contributed by atoms with Crippen LogP contribution in [-0.4, -0.2) is 54.1 Å². The Morgan fingerprint density at radius 1 is 1.19 bits per heavy atom. The lowest BCUT2D eigenvalue weighted by molar-refractivity contribution is -0.118. The summed E-state index contributed by atoms with van der Waals surface area (Å²) in [5.41, 5.74) is 3.32. The van der Waals surface area contributed by atoms with Gasteiger partial charge < -0.3 is 9.47 Å². The molecule has 7 heteroatoms. The number of methoxy groups -OCH3 is 1. The number of benzene rings is 1. The highest BCUT2D eigenvalue weighted by Gasteiger charge is 2.29. The number of amides is 1. The van der Waals surface area contributed by atoms with Crippen LogP contribution in [0, 0.1) is 6.92 Å². The molecule has 0 saturated carbocycles. The number of rotatable bonds is 6. The smallest absolute Gasteiger partial charge is 0.228 e. The summed E-state index contributed by atoms with van der Waals surface area (Å²) >= 11 is 0. The van der Waals surface area contributed by atoms with Crippen molar-refractivity contribution in [3.05, 3.63) is 40.8 Å². The Morgan fingerprint density at radius 3 is 2.75 bits per heavy atom. The number of hydrogen-bond acceptors (Lipinski definition) is 6. The zero-order valence-corrected chi connectivity index (χ0v) is 19.9. The molecule has 1 fully saturated rings. The maximum absolute atomic E-state index is 12.2. The van der Waals surface area contributed by atoms with Gasteiger partial charge in [0, 0.05) is 43.7 Å². The number of carbonyl (C=O) groups excluding carboxylic acids is 1. The second kappa shape index (κ2) is 9.45. The largest absolute Gasteiger partial charge is 0.493 e. The quantitative estimate of drug-likeness (QED) is 0.682. The number of nitrogens with zero attached hydrogens (tertiary/aromatic N) is 4. The lowest BCUT2D eigenvalue weighted by Crippen LogP contribution is -2.36. The summed E-state index contributed by atoms with van der Waals surface area (Å²) in [4.78, 5) is 26.1. The molecule has 1 aromatic carbocycles. The van der Waals surface area contributed by atoms with Crippen molar-refractivity contribution in [3.63, 3.8) is 0 Å². The zero-order valence-electron chi connectivity index (χ0n) is 19.9. The first-order valence-electron chi connectivity index (χ1n) is 11.6. The van der Waals surface area contributed by atoms with Crippen LogP contribution in [0.15, 0.2) is 18.2 Å². The maximum atomic E-state index is 12.2. The first-order chi connectivity index (χ1) is 15.4.